The second-order valence-corrected chi connectivity index (χ2v) is 5.05. The maximum absolute atomic E-state index is 5.92. The number of anilines is 1. The molecular formula is C14H14ClN5. The van der Waals surface area contributed by atoms with Gasteiger partial charge in [-0.05, 0) is 24.1 Å². The van der Waals surface area contributed by atoms with E-state index in [2.05, 4.69) is 51.5 Å². The minimum absolute atomic E-state index is 0.197. The van der Waals surface area contributed by atoms with Gasteiger partial charge < -0.3 is 9.88 Å². The average Bonchev–Trinajstić information content (AvgIpc) is 2.79. The van der Waals surface area contributed by atoms with E-state index >= 15 is 0 Å². The van der Waals surface area contributed by atoms with Crippen molar-refractivity contribution in [1.29, 1.82) is 0 Å². The average molecular weight is 288 g/mol. The molecule has 0 atom stereocenters. The fraction of sp³-hybridized carbons (Fsp3) is 0.214. The highest BCUT2D eigenvalue weighted by Crippen LogP contribution is 2.21. The van der Waals surface area contributed by atoms with Crippen LogP contribution in [0.2, 0.25) is 5.28 Å². The zero-order valence-electron chi connectivity index (χ0n) is 11.3. The molecule has 5 nitrogen and oxygen atoms in total. The molecule has 0 bridgehead atoms. The summed E-state index contributed by atoms with van der Waals surface area (Å²) < 4.78 is 1.88. The van der Waals surface area contributed by atoms with Gasteiger partial charge in [0.15, 0.2) is 11.5 Å². The molecule has 0 spiro atoms. The van der Waals surface area contributed by atoms with Crippen LogP contribution in [0, 0.1) is 6.92 Å². The Labute approximate surface area is 121 Å². The number of fused-ring (bicyclic) bond motifs is 1. The molecule has 0 unspecified atom stereocenters. The molecule has 2 aromatic heterocycles. The predicted molar refractivity (Wildman–Crippen MR) is 79.8 cm³/mol. The molecule has 1 aromatic carbocycles. The van der Waals surface area contributed by atoms with Crippen molar-refractivity contribution < 1.29 is 0 Å². The van der Waals surface area contributed by atoms with Gasteiger partial charge >= 0.3 is 0 Å². The van der Waals surface area contributed by atoms with Gasteiger partial charge in [0.05, 0.1) is 6.33 Å². The van der Waals surface area contributed by atoms with Gasteiger partial charge in [-0.1, -0.05) is 29.8 Å². The lowest BCUT2D eigenvalue weighted by molar-refractivity contribution is 0.942. The standard InChI is InChI=1S/C14H14ClN5/c1-9-3-5-10(6-4-9)7-16-12-11-13(17-8-20(11)2)19-14(15)18-12/h3-6,8H,7H2,1-2H3,(H,16,18,19). The Bertz CT molecular complexity index is 748. The number of nitrogens with one attached hydrogen (secondary N) is 1. The molecule has 0 saturated carbocycles. The Hall–Kier alpha value is -2.14. The van der Waals surface area contributed by atoms with Crippen molar-refractivity contribution in [2.45, 2.75) is 13.5 Å². The first-order valence-corrected chi connectivity index (χ1v) is 6.65. The number of halogens is 1. The lowest BCUT2D eigenvalue weighted by atomic mass is 10.1. The fourth-order valence-corrected chi connectivity index (χ4v) is 2.21. The summed E-state index contributed by atoms with van der Waals surface area (Å²) in [5, 5.41) is 3.49. The Morgan fingerprint density at radius 3 is 2.70 bits per heavy atom. The van der Waals surface area contributed by atoms with Gasteiger partial charge in [-0.3, -0.25) is 0 Å². The lowest BCUT2D eigenvalue weighted by Gasteiger charge is -2.08. The highest BCUT2D eigenvalue weighted by atomic mass is 35.5. The molecule has 0 aliphatic heterocycles. The summed E-state index contributed by atoms with van der Waals surface area (Å²) in [7, 11) is 1.91. The molecule has 0 aliphatic carbocycles. The highest BCUT2D eigenvalue weighted by molar-refractivity contribution is 6.28. The van der Waals surface area contributed by atoms with Crippen molar-refractivity contribution in [3.8, 4) is 0 Å². The van der Waals surface area contributed by atoms with E-state index < -0.39 is 0 Å². The monoisotopic (exact) mass is 287 g/mol. The van der Waals surface area contributed by atoms with Crippen LogP contribution >= 0.6 is 11.6 Å². The van der Waals surface area contributed by atoms with E-state index in [1.807, 2.05) is 11.6 Å². The first-order valence-electron chi connectivity index (χ1n) is 6.27. The van der Waals surface area contributed by atoms with Gasteiger partial charge in [0.2, 0.25) is 5.28 Å². The largest absolute Gasteiger partial charge is 0.364 e. The van der Waals surface area contributed by atoms with E-state index in [0.717, 1.165) is 5.52 Å². The van der Waals surface area contributed by atoms with Crippen LogP contribution in [-0.2, 0) is 13.6 Å². The number of hydrogen-bond acceptors (Lipinski definition) is 4. The highest BCUT2D eigenvalue weighted by Gasteiger charge is 2.10. The van der Waals surface area contributed by atoms with E-state index in [1.165, 1.54) is 11.1 Å². The molecule has 2 heterocycles. The second kappa shape index (κ2) is 5.09. The molecule has 1 N–H and O–H groups in total. The Morgan fingerprint density at radius 2 is 1.95 bits per heavy atom. The normalized spacial score (nSPS) is 10.9. The summed E-state index contributed by atoms with van der Waals surface area (Å²) in [5.74, 6) is 0.695. The third kappa shape index (κ3) is 2.44. The van der Waals surface area contributed by atoms with Crippen molar-refractivity contribution in [2.75, 3.05) is 5.32 Å². The number of aryl methyl sites for hydroxylation is 2. The molecule has 0 saturated heterocycles. The number of hydrogen-bond donors (Lipinski definition) is 1. The summed E-state index contributed by atoms with van der Waals surface area (Å²) in [5.41, 5.74) is 3.87. The van der Waals surface area contributed by atoms with Crippen LogP contribution in [0.1, 0.15) is 11.1 Å². The van der Waals surface area contributed by atoms with E-state index in [9.17, 15) is 0 Å². The quantitative estimate of drug-likeness (QED) is 0.753. The van der Waals surface area contributed by atoms with Crippen LogP contribution in [-0.4, -0.2) is 19.5 Å². The minimum atomic E-state index is 0.197. The summed E-state index contributed by atoms with van der Waals surface area (Å²) in [4.78, 5) is 12.5. The Morgan fingerprint density at radius 1 is 1.20 bits per heavy atom. The molecule has 0 amide bonds. The van der Waals surface area contributed by atoms with Crippen LogP contribution in [0.4, 0.5) is 5.82 Å². The van der Waals surface area contributed by atoms with E-state index in [1.54, 1.807) is 6.33 Å². The maximum atomic E-state index is 5.92. The van der Waals surface area contributed by atoms with Crippen LogP contribution in [0.5, 0.6) is 0 Å². The van der Waals surface area contributed by atoms with Gasteiger partial charge in [-0.25, -0.2) is 4.98 Å². The molecule has 3 aromatic rings. The van der Waals surface area contributed by atoms with Crippen molar-refractivity contribution in [2.24, 2.45) is 7.05 Å². The molecular weight excluding hydrogens is 274 g/mol. The SMILES string of the molecule is Cc1ccc(CNc2nc(Cl)nc3ncn(C)c23)cc1. The maximum Gasteiger partial charge on any atom is 0.226 e. The van der Waals surface area contributed by atoms with Crippen molar-refractivity contribution in [3.05, 3.63) is 47.0 Å². The predicted octanol–water partition coefficient (Wildman–Crippen LogP) is 2.94. The van der Waals surface area contributed by atoms with Crippen LogP contribution < -0.4 is 5.32 Å². The summed E-state index contributed by atoms with van der Waals surface area (Å²) in [6.45, 7) is 2.74. The topological polar surface area (TPSA) is 55.6 Å². The number of benzene rings is 1. The molecule has 0 aliphatic rings. The van der Waals surface area contributed by atoms with E-state index in [4.69, 9.17) is 11.6 Å². The lowest BCUT2D eigenvalue weighted by Crippen LogP contribution is -2.04. The Kier molecular flexibility index (Phi) is 3.28. The van der Waals surface area contributed by atoms with Gasteiger partial charge in [-0.2, -0.15) is 9.97 Å². The summed E-state index contributed by atoms with van der Waals surface area (Å²) in [6.07, 6.45) is 1.70. The number of aromatic nitrogens is 4. The first-order chi connectivity index (χ1) is 9.63. The zero-order valence-corrected chi connectivity index (χ0v) is 12.0. The van der Waals surface area contributed by atoms with Crippen molar-refractivity contribution in [1.82, 2.24) is 19.5 Å². The Balaban J connectivity index is 1.90. The van der Waals surface area contributed by atoms with E-state index in [-0.39, 0.29) is 5.28 Å². The van der Waals surface area contributed by atoms with Crippen molar-refractivity contribution >= 4 is 28.6 Å². The van der Waals surface area contributed by atoms with Gasteiger partial charge in [-0.15, -0.1) is 0 Å². The number of rotatable bonds is 3. The second-order valence-electron chi connectivity index (χ2n) is 4.71. The zero-order chi connectivity index (χ0) is 14.1. The third-order valence-corrected chi connectivity index (χ3v) is 3.29. The number of nitrogens with zero attached hydrogens (tertiary/aromatic N) is 4. The molecule has 6 heteroatoms. The van der Waals surface area contributed by atoms with Gasteiger partial charge in [0.1, 0.15) is 5.52 Å². The van der Waals surface area contributed by atoms with E-state index in [0.29, 0.717) is 18.0 Å². The number of imidazole rings is 1. The van der Waals surface area contributed by atoms with Crippen LogP contribution in [0.3, 0.4) is 0 Å². The van der Waals surface area contributed by atoms with Gasteiger partial charge in [0, 0.05) is 13.6 Å². The summed E-state index contributed by atoms with van der Waals surface area (Å²) >= 11 is 5.92. The fourth-order valence-electron chi connectivity index (χ4n) is 2.05. The molecule has 20 heavy (non-hydrogen) atoms. The third-order valence-electron chi connectivity index (χ3n) is 3.12. The first kappa shape index (κ1) is 12.9. The smallest absolute Gasteiger partial charge is 0.226 e. The molecule has 0 fully saturated rings. The van der Waals surface area contributed by atoms with Crippen molar-refractivity contribution in [3.63, 3.8) is 0 Å². The van der Waals surface area contributed by atoms with Crippen LogP contribution in [0.15, 0.2) is 30.6 Å². The molecule has 0 radical (unpaired) electrons. The van der Waals surface area contributed by atoms with Gasteiger partial charge in [0.25, 0.3) is 0 Å². The van der Waals surface area contributed by atoms with Crippen LogP contribution in [0.25, 0.3) is 11.2 Å². The summed E-state index contributed by atoms with van der Waals surface area (Å²) in [6, 6.07) is 8.35. The molecule has 102 valence electrons. The minimum Gasteiger partial charge on any atom is -0.364 e. The molecule has 3 rings (SSSR count).